The zero-order valence-corrected chi connectivity index (χ0v) is 53.8. The van der Waals surface area contributed by atoms with Gasteiger partial charge in [0.15, 0.2) is 6.10 Å². The maximum absolute atomic E-state index is 12.9. The summed E-state index contributed by atoms with van der Waals surface area (Å²) in [6.07, 6.45) is 91.8. The second-order valence-electron chi connectivity index (χ2n) is 23.4. The first-order valence-corrected chi connectivity index (χ1v) is 35.1. The fraction of sp³-hybridized carbons (Fsp3) is 0.773. The number of hydrogen-bond donors (Lipinski definition) is 0. The van der Waals surface area contributed by atoms with Crippen LogP contribution >= 0.6 is 0 Å². The highest BCUT2D eigenvalue weighted by Gasteiger charge is 2.19. The van der Waals surface area contributed by atoms with Crippen LogP contribution < -0.4 is 0 Å². The van der Waals surface area contributed by atoms with Crippen LogP contribution in [-0.4, -0.2) is 37.2 Å². The Labute approximate surface area is 503 Å². The molecule has 468 valence electrons. The number of carbonyl (C=O) groups excluding carboxylic acids is 3. The van der Waals surface area contributed by atoms with Gasteiger partial charge in [0.1, 0.15) is 13.2 Å². The second-order valence-corrected chi connectivity index (χ2v) is 23.4. The molecule has 0 saturated heterocycles. The lowest BCUT2D eigenvalue weighted by molar-refractivity contribution is -0.167. The van der Waals surface area contributed by atoms with E-state index in [2.05, 4.69) is 106 Å². The molecule has 0 N–H and O–H groups in total. The molecule has 0 aliphatic rings. The smallest absolute Gasteiger partial charge is 0.306 e. The number of ether oxygens (including phenoxy) is 3. The molecule has 1 unspecified atom stereocenters. The van der Waals surface area contributed by atoms with Crippen molar-refractivity contribution < 1.29 is 28.6 Å². The zero-order valence-electron chi connectivity index (χ0n) is 53.8. The molecule has 0 fully saturated rings. The van der Waals surface area contributed by atoms with Crippen LogP contribution in [0.4, 0.5) is 0 Å². The number of allylic oxidation sites excluding steroid dienone is 14. The van der Waals surface area contributed by atoms with Crippen molar-refractivity contribution in [3.63, 3.8) is 0 Å². The highest BCUT2D eigenvalue weighted by Crippen LogP contribution is 2.17. The predicted octanol–water partition coefficient (Wildman–Crippen LogP) is 24.2. The number of unbranched alkanes of at least 4 members (excludes halogenated alkanes) is 39. The van der Waals surface area contributed by atoms with E-state index in [0.29, 0.717) is 19.3 Å². The van der Waals surface area contributed by atoms with Gasteiger partial charge in [0.05, 0.1) is 0 Å². The molecule has 0 aromatic rings. The van der Waals surface area contributed by atoms with Crippen molar-refractivity contribution in [3.8, 4) is 0 Å². The van der Waals surface area contributed by atoms with Gasteiger partial charge in [-0.3, -0.25) is 14.4 Å². The lowest BCUT2D eigenvalue weighted by Crippen LogP contribution is -2.30. The Bertz CT molecular complexity index is 1530. The fourth-order valence-corrected chi connectivity index (χ4v) is 10.1. The standard InChI is InChI=1S/C75H132O6/c1-4-7-10-13-16-19-22-25-28-31-33-34-35-36-37-38-39-40-41-42-43-45-47-50-53-56-59-62-65-68-74(77)80-71-72(70-79-73(76)67-64-61-58-55-52-49-46-30-27-24-21-18-15-12-9-6-3)81-75(78)69-66-63-60-57-54-51-48-44-32-29-26-23-20-17-14-11-8-5-2/h7,10,16,19-20,23,25,28-30,32-34,46,72H,4-6,8-9,11-15,17-18,21-22,24,26-27,31,35-45,47-71H2,1-3H3/b10-7-,19-16-,23-20-,28-25-,32-29-,34-33-,46-30-. The number of carbonyl (C=O) groups is 3. The van der Waals surface area contributed by atoms with Gasteiger partial charge < -0.3 is 14.2 Å². The van der Waals surface area contributed by atoms with Crippen LogP contribution in [0.1, 0.15) is 355 Å². The molecule has 1 atom stereocenters. The SMILES string of the molecule is CC/C=C\C/C=C\C/C=C\C/C=C\CCCCCCCCCCCCCCCCCCC(=O)OCC(COC(=O)CCCCCCC/C=C\CCCCCCCCC)OC(=O)CCCCCCCCC/C=C\C/C=C\CCCCCC. The molecular formula is C75H132O6. The van der Waals surface area contributed by atoms with Gasteiger partial charge in [-0.05, 0) is 116 Å². The summed E-state index contributed by atoms with van der Waals surface area (Å²) in [7, 11) is 0. The minimum absolute atomic E-state index is 0.0792. The van der Waals surface area contributed by atoms with Gasteiger partial charge in [-0.2, -0.15) is 0 Å². The Balaban J connectivity index is 4.28. The van der Waals surface area contributed by atoms with Gasteiger partial charge in [0.2, 0.25) is 0 Å². The molecule has 0 aromatic heterocycles. The molecule has 0 amide bonds. The maximum Gasteiger partial charge on any atom is 0.306 e. The molecule has 0 saturated carbocycles. The van der Waals surface area contributed by atoms with Gasteiger partial charge in [0.25, 0.3) is 0 Å². The summed E-state index contributed by atoms with van der Waals surface area (Å²) in [4.78, 5) is 38.4. The summed E-state index contributed by atoms with van der Waals surface area (Å²) in [5, 5.41) is 0. The number of rotatable bonds is 64. The quantitative estimate of drug-likeness (QED) is 0.0261. The van der Waals surface area contributed by atoms with Gasteiger partial charge in [-0.1, -0.05) is 305 Å². The third-order valence-corrected chi connectivity index (χ3v) is 15.4. The Kier molecular flexibility index (Phi) is 66.2. The van der Waals surface area contributed by atoms with Crippen molar-refractivity contribution in [2.75, 3.05) is 13.2 Å². The van der Waals surface area contributed by atoms with E-state index in [-0.39, 0.29) is 31.1 Å². The predicted molar refractivity (Wildman–Crippen MR) is 353 cm³/mol. The largest absolute Gasteiger partial charge is 0.462 e. The lowest BCUT2D eigenvalue weighted by atomic mass is 10.0. The van der Waals surface area contributed by atoms with Crippen LogP contribution in [0.25, 0.3) is 0 Å². The Hall–Kier alpha value is -3.41. The van der Waals surface area contributed by atoms with Crippen molar-refractivity contribution in [1.82, 2.24) is 0 Å². The van der Waals surface area contributed by atoms with E-state index in [1.165, 1.54) is 212 Å². The van der Waals surface area contributed by atoms with Gasteiger partial charge >= 0.3 is 17.9 Å². The minimum atomic E-state index is -0.785. The van der Waals surface area contributed by atoms with E-state index in [4.69, 9.17) is 14.2 Å². The van der Waals surface area contributed by atoms with Crippen molar-refractivity contribution in [1.29, 1.82) is 0 Å². The lowest BCUT2D eigenvalue weighted by Gasteiger charge is -2.18. The van der Waals surface area contributed by atoms with Gasteiger partial charge in [-0.15, -0.1) is 0 Å². The normalized spacial score (nSPS) is 12.6. The molecule has 6 nitrogen and oxygen atoms in total. The molecule has 0 bridgehead atoms. The Morgan fingerprint density at radius 2 is 0.481 bits per heavy atom. The molecule has 0 aliphatic heterocycles. The van der Waals surface area contributed by atoms with Crippen molar-refractivity contribution in [3.05, 3.63) is 85.1 Å². The Morgan fingerprint density at radius 3 is 0.778 bits per heavy atom. The van der Waals surface area contributed by atoms with Crippen LogP contribution in [-0.2, 0) is 28.6 Å². The Morgan fingerprint density at radius 1 is 0.259 bits per heavy atom. The first kappa shape index (κ1) is 77.6. The van der Waals surface area contributed by atoms with Crippen LogP contribution in [0.15, 0.2) is 85.1 Å². The summed E-state index contributed by atoms with van der Waals surface area (Å²) in [5.74, 6) is -0.877. The molecule has 81 heavy (non-hydrogen) atoms. The second kappa shape index (κ2) is 69.1. The molecule has 0 aliphatic carbocycles. The van der Waals surface area contributed by atoms with Crippen molar-refractivity contribution in [2.24, 2.45) is 0 Å². The first-order valence-electron chi connectivity index (χ1n) is 35.1. The van der Waals surface area contributed by atoms with Crippen LogP contribution in [0.3, 0.4) is 0 Å². The molecule has 0 aromatic carbocycles. The van der Waals surface area contributed by atoms with Gasteiger partial charge in [-0.25, -0.2) is 0 Å². The molecule has 6 heteroatoms. The minimum Gasteiger partial charge on any atom is -0.462 e. The number of esters is 3. The van der Waals surface area contributed by atoms with Crippen molar-refractivity contribution in [2.45, 2.75) is 361 Å². The number of hydrogen-bond acceptors (Lipinski definition) is 6. The first-order chi connectivity index (χ1) is 40.0. The van der Waals surface area contributed by atoms with Crippen LogP contribution in [0.2, 0.25) is 0 Å². The monoisotopic (exact) mass is 1130 g/mol. The summed E-state index contributed by atoms with van der Waals surface area (Å²) in [6.45, 7) is 6.54. The average molecular weight is 1130 g/mol. The summed E-state index contributed by atoms with van der Waals surface area (Å²) >= 11 is 0. The third-order valence-electron chi connectivity index (χ3n) is 15.4. The van der Waals surface area contributed by atoms with E-state index in [0.717, 1.165) is 103 Å². The van der Waals surface area contributed by atoms with Crippen LogP contribution in [0, 0.1) is 0 Å². The van der Waals surface area contributed by atoms with E-state index in [9.17, 15) is 14.4 Å². The molecule has 0 heterocycles. The van der Waals surface area contributed by atoms with Crippen LogP contribution in [0.5, 0.6) is 0 Å². The molecule has 0 radical (unpaired) electrons. The highest BCUT2D eigenvalue weighted by molar-refractivity contribution is 5.71. The fourth-order valence-electron chi connectivity index (χ4n) is 10.1. The summed E-state index contributed by atoms with van der Waals surface area (Å²) < 4.78 is 17.0. The van der Waals surface area contributed by atoms with E-state index < -0.39 is 6.10 Å². The topological polar surface area (TPSA) is 78.9 Å². The van der Waals surface area contributed by atoms with E-state index in [1.807, 2.05) is 0 Å². The van der Waals surface area contributed by atoms with Gasteiger partial charge in [0, 0.05) is 19.3 Å². The summed E-state index contributed by atoms with van der Waals surface area (Å²) in [6, 6.07) is 0. The van der Waals surface area contributed by atoms with Crippen molar-refractivity contribution >= 4 is 17.9 Å². The summed E-state index contributed by atoms with van der Waals surface area (Å²) in [5.41, 5.74) is 0. The maximum atomic E-state index is 12.9. The third kappa shape index (κ3) is 67.3. The molecule has 0 rings (SSSR count). The highest BCUT2D eigenvalue weighted by atomic mass is 16.6. The molecule has 0 spiro atoms. The van der Waals surface area contributed by atoms with E-state index in [1.54, 1.807) is 0 Å². The average Bonchev–Trinajstić information content (AvgIpc) is 3.47. The van der Waals surface area contributed by atoms with E-state index >= 15 is 0 Å². The molecular weight excluding hydrogens is 997 g/mol. The zero-order chi connectivity index (χ0) is 58.5.